The molecule has 1 aromatic carbocycles. The molecule has 1 N–H and O–H groups in total. The second kappa shape index (κ2) is 10.0. The first kappa shape index (κ1) is 18.3. The Morgan fingerprint density at radius 3 is 2.41 bits per heavy atom. The van der Waals surface area contributed by atoms with Crippen LogP contribution in [0.2, 0.25) is 0 Å². The van der Waals surface area contributed by atoms with E-state index in [9.17, 15) is 18.4 Å². The number of amides is 1. The Morgan fingerprint density at radius 1 is 1.05 bits per heavy atom. The van der Waals surface area contributed by atoms with E-state index in [-0.39, 0.29) is 5.56 Å². The van der Waals surface area contributed by atoms with Gasteiger partial charge >= 0.3 is 0 Å². The fraction of sp³-hybridized carbons (Fsp3) is 0.529. The molecule has 0 fully saturated rings. The number of carbonyl (C=O) groups excluding carboxylic acids is 2. The number of Topliss-reactive ketones (excluding diaryl/α,β-unsaturated/α-hetero) is 1. The maximum absolute atomic E-state index is 13.4. The van der Waals surface area contributed by atoms with Crippen molar-refractivity contribution in [3.63, 3.8) is 0 Å². The molecule has 0 saturated carbocycles. The number of benzene rings is 1. The molecule has 1 rings (SSSR count). The molecular weight excluding hydrogens is 288 g/mol. The second-order valence-electron chi connectivity index (χ2n) is 5.34. The number of unbranched alkanes of at least 4 members (excludes halogenated alkanes) is 5. The number of carbonyl (C=O) groups is 2. The average molecular weight is 311 g/mol. The van der Waals surface area contributed by atoms with Crippen LogP contribution in [0.5, 0.6) is 0 Å². The fourth-order valence-electron chi connectivity index (χ4n) is 2.15. The number of rotatable bonds is 10. The van der Waals surface area contributed by atoms with E-state index in [1.807, 2.05) is 0 Å². The number of nitrogens with one attached hydrogen (secondary N) is 1. The number of ketones is 1. The molecule has 0 atom stereocenters. The molecule has 0 heterocycles. The van der Waals surface area contributed by atoms with E-state index in [4.69, 9.17) is 0 Å². The van der Waals surface area contributed by atoms with Crippen molar-refractivity contribution < 1.29 is 18.4 Å². The normalized spacial score (nSPS) is 10.5. The summed E-state index contributed by atoms with van der Waals surface area (Å²) in [6.07, 6.45) is 6.26. The third-order valence-corrected chi connectivity index (χ3v) is 3.41. The molecule has 22 heavy (non-hydrogen) atoms. The molecule has 0 bridgehead atoms. The van der Waals surface area contributed by atoms with Crippen LogP contribution < -0.4 is 5.32 Å². The maximum atomic E-state index is 13.4. The fourth-order valence-corrected chi connectivity index (χ4v) is 2.15. The van der Waals surface area contributed by atoms with E-state index in [0.717, 1.165) is 31.4 Å². The van der Waals surface area contributed by atoms with Crippen molar-refractivity contribution in [3.05, 3.63) is 35.4 Å². The van der Waals surface area contributed by atoms with Gasteiger partial charge in [-0.2, -0.15) is 0 Å². The first-order valence-electron chi connectivity index (χ1n) is 7.79. The lowest BCUT2D eigenvalue weighted by atomic mass is 10.1. The van der Waals surface area contributed by atoms with Crippen molar-refractivity contribution in [3.8, 4) is 0 Å². The summed E-state index contributed by atoms with van der Waals surface area (Å²) in [5.74, 6) is -2.75. The van der Waals surface area contributed by atoms with Crippen LogP contribution in [0.1, 0.15) is 62.2 Å². The van der Waals surface area contributed by atoms with Gasteiger partial charge in [-0.25, -0.2) is 8.78 Å². The third-order valence-electron chi connectivity index (χ3n) is 3.41. The minimum absolute atomic E-state index is 0.254. The predicted octanol–water partition coefficient (Wildman–Crippen LogP) is 4.01. The van der Waals surface area contributed by atoms with E-state index < -0.39 is 29.7 Å². The lowest BCUT2D eigenvalue weighted by Crippen LogP contribution is -2.27. The molecule has 5 heteroatoms. The van der Waals surface area contributed by atoms with Crippen LogP contribution in [0.3, 0.4) is 0 Å². The Kier molecular flexibility index (Phi) is 8.33. The Morgan fingerprint density at radius 2 is 1.73 bits per heavy atom. The van der Waals surface area contributed by atoms with Gasteiger partial charge in [-0.05, 0) is 18.6 Å². The lowest BCUT2D eigenvalue weighted by Gasteiger charge is -2.06. The van der Waals surface area contributed by atoms with E-state index >= 15 is 0 Å². The summed E-state index contributed by atoms with van der Waals surface area (Å²) in [5.41, 5.74) is -0.254. The maximum Gasteiger partial charge on any atom is 0.227 e. The summed E-state index contributed by atoms with van der Waals surface area (Å²) < 4.78 is 26.2. The highest BCUT2D eigenvalue weighted by Gasteiger charge is 2.15. The molecule has 0 aliphatic heterocycles. The van der Waals surface area contributed by atoms with Gasteiger partial charge in [0.15, 0.2) is 5.78 Å². The SMILES string of the molecule is CCCCCCCCNC(=O)CC(=O)c1ccc(F)cc1F. The molecule has 0 aliphatic rings. The van der Waals surface area contributed by atoms with Crippen LogP contribution in [-0.4, -0.2) is 18.2 Å². The van der Waals surface area contributed by atoms with Crippen LogP contribution in [0.4, 0.5) is 8.78 Å². The summed E-state index contributed by atoms with van der Waals surface area (Å²) in [6.45, 7) is 2.67. The van der Waals surface area contributed by atoms with E-state index in [2.05, 4.69) is 12.2 Å². The van der Waals surface area contributed by atoms with Crippen LogP contribution in [0.25, 0.3) is 0 Å². The summed E-state index contributed by atoms with van der Waals surface area (Å²) >= 11 is 0. The second-order valence-corrected chi connectivity index (χ2v) is 5.34. The summed E-state index contributed by atoms with van der Waals surface area (Å²) in [5, 5.41) is 2.65. The Hall–Kier alpha value is -1.78. The first-order valence-corrected chi connectivity index (χ1v) is 7.79. The third kappa shape index (κ3) is 6.78. The topological polar surface area (TPSA) is 46.2 Å². The number of halogens is 2. The number of hydrogen-bond acceptors (Lipinski definition) is 2. The van der Waals surface area contributed by atoms with Crippen LogP contribution >= 0.6 is 0 Å². The van der Waals surface area contributed by atoms with Gasteiger partial charge in [0.1, 0.15) is 11.6 Å². The van der Waals surface area contributed by atoms with Gasteiger partial charge in [0.25, 0.3) is 0 Å². The molecule has 3 nitrogen and oxygen atoms in total. The van der Waals surface area contributed by atoms with E-state index in [1.165, 1.54) is 19.3 Å². The first-order chi connectivity index (χ1) is 10.5. The molecule has 0 aliphatic carbocycles. The van der Waals surface area contributed by atoms with Crippen molar-refractivity contribution in [2.45, 2.75) is 51.9 Å². The van der Waals surface area contributed by atoms with Gasteiger partial charge in [0.2, 0.25) is 5.91 Å². The van der Waals surface area contributed by atoms with Gasteiger partial charge in [-0.1, -0.05) is 39.0 Å². The molecule has 0 saturated heterocycles. The molecule has 1 amide bonds. The summed E-state index contributed by atoms with van der Waals surface area (Å²) in [6, 6.07) is 2.71. The summed E-state index contributed by atoms with van der Waals surface area (Å²) in [4.78, 5) is 23.4. The van der Waals surface area contributed by atoms with Crippen molar-refractivity contribution in [2.24, 2.45) is 0 Å². The number of hydrogen-bond donors (Lipinski definition) is 1. The highest BCUT2D eigenvalue weighted by Crippen LogP contribution is 2.11. The zero-order chi connectivity index (χ0) is 16.4. The Balaban J connectivity index is 2.25. The van der Waals surface area contributed by atoms with Crippen LogP contribution in [0, 0.1) is 11.6 Å². The monoisotopic (exact) mass is 311 g/mol. The van der Waals surface area contributed by atoms with Gasteiger partial charge in [0, 0.05) is 12.6 Å². The molecular formula is C17H23F2NO2. The predicted molar refractivity (Wildman–Crippen MR) is 81.7 cm³/mol. The highest BCUT2D eigenvalue weighted by molar-refractivity contribution is 6.07. The molecule has 122 valence electrons. The zero-order valence-electron chi connectivity index (χ0n) is 13.0. The van der Waals surface area contributed by atoms with E-state index in [1.54, 1.807) is 0 Å². The van der Waals surface area contributed by atoms with Gasteiger partial charge in [0.05, 0.1) is 12.0 Å². The summed E-state index contributed by atoms with van der Waals surface area (Å²) in [7, 11) is 0. The largest absolute Gasteiger partial charge is 0.356 e. The molecule has 0 radical (unpaired) electrons. The zero-order valence-corrected chi connectivity index (χ0v) is 13.0. The van der Waals surface area contributed by atoms with Crippen molar-refractivity contribution >= 4 is 11.7 Å². The van der Waals surface area contributed by atoms with E-state index in [0.29, 0.717) is 12.6 Å². The van der Waals surface area contributed by atoms with Crippen molar-refractivity contribution in [1.82, 2.24) is 5.32 Å². The Bertz CT molecular complexity index is 503. The van der Waals surface area contributed by atoms with Gasteiger partial charge in [-0.15, -0.1) is 0 Å². The van der Waals surface area contributed by atoms with Crippen molar-refractivity contribution in [1.29, 1.82) is 0 Å². The Labute approximate surface area is 130 Å². The van der Waals surface area contributed by atoms with Gasteiger partial charge < -0.3 is 5.32 Å². The molecule has 0 unspecified atom stereocenters. The van der Waals surface area contributed by atoms with Gasteiger partial charge in [-0.3, -0.25) is 9.59 Å². The van der Waals surface area contributed by atoms with Crippen LogP contribution in [-0.2, 0) is 4.79 Å². The standard InChI is InChI=1S/C17H23F2NO2/c1-2-3-4-5-6-7-10-20-17(22)12-16(21)14-9-8-13(18)11-15(14)19/h8-9,11H,2-7,10,12H2,1H3,(H,20,22). The molecule has 1 aromatic rings. The van der Waals surface area contributed by atoms with Crippen molar-refractivity contribution in [2.75, 3.05) is 6.54 Å². The molecule has 0 aromatic heterocycles. The lowest BCUT2D eigenvalue weighted by molar-refractivity contribution is -0.120. The highest BCUT2D eigenvalue weighted by atomic mass is 19.1. The van der Waals surface area contributed by atoms with Crippen LogP contribution in [0.15, 0.2) is 18.2 Å². The minimum Gasteiger partial charge on any atom is -0.356 e. The quantitative estimate of drug-likeness (QED) is 0.403. The average Bonchev–Trinajstić information content (AvgIpc) is 2.46. The molecule has 0 spiro atoms. The minimum atomic E-state index is -0.936. The smallest absolute Gasteiger partial charge is 0.227 e.